The third-order valence-corrected chi connectivity index (χ3v) is 3.30. The number of hydrogen-bond acceptors (Lipinski definition) is 1. The van der Waals surface area contributed by atoms with Gasteiger partial charge in [-0.3, -0.25) is 4.79 Å². The second-order valence-corrected chi connectivity index (χ2v) is 5.09. The highest BCUT2D eigenvalue weighted by Gasteiger charge is 2.39. The maximum absolute atomic E-state index is 13.6. The van der Waals surface area contributed by atoms with Crippen LogP contribution < -0.4 is 5.32 Å². The van der Waals surface area contributed by atoms with Gasteiger partial charge in [-0.1, -0.05) is 0 Å². The van der Waals surface area contributed by atoms with E-state index < -0.39 is 23.1 Å². The minimum Gasteiger partial charge on any atom is -0.347 e. The molecule has 0 spiro atoms. The van der Waals surface area contributed by atoms with Gasteiger partial charge in [0.1, 0.15) is 11.4 Å². The van der Waals surface area contributed by atoms with Crippen LogP contribution in [0, 0.1) is 11.6 Å². The van der Waals surface area contributed by atoms with Gasteiger partial charge >= 0.3 is 0 Å². The first kappa shape index (κ1) is 11.5. The Morgan fingerprint density at radius 1 is 1.44 bits per heavy atom. The van der Waals surface area contributed by atoms with E-state index in [9.17, 15) is 13.6 Å². The lowest BCUT2D eigenvalue weighted by Gasteiger charge is -2.12. The number of amides is 1. The van der Waals surface area contributed by atoms with Crippen LogP contribution in [0.15, 0.2) is 16.6 Å². The van der Waals surface area contributed by atoms with Gasteiger partial charge in [0.2, 0.25) is 0 Å². The Morgan fingerprint density at radius 3 is 2.62 bits per heavy atom. The van der Waals surface area contributed by atoms with Crippen LogP contribution >= 0.6 is 15.9 Å². The molecule has 0 aliphatic heterocycles. The van der Waals surface area contributed by atoms with Crippen molar-refractivity contribution >= 4 is 21.8 Å². The summed E-state index contributed by atoms with van der Waals surface area (Å²) in [4.78, 5) is 11.7. The zero-order chi connectivity index (χ0) is 11.9. The average molecular weight is 290 g/mol. The maximum atomic E-state index is 13.6. The first-order valence-corrected chi connectivity index (χ1v) is 5.68. The van der Waals surface area contributed by atoms with E-state index in [1.807, 2.05) is 6.92 Å². The zero-order valence-electron chi connectivity index (χ0n) is 8.61. The molecule has 2 nitrogen and oxygen atoms in total. The van der Waals surface area contributed by atoms with Crippen LogP contribution in [-0.2, 0) is 0 Å². The van der Waals surface area contributed by atoms with Gasteiger partial charge in [-0.2, -0.15) is 0 Å². The number of rotatable bonds is 2. The Balaban J connectivity index is 2.32. The third-order valence-electron chi connectivity index (χ3n) is 2.69. The molecule has 0 saturated heterocycles. The Hall–Kier alpha value is -0.970. The summed E-state index contributed by atoms with van der Waals surface area (Å²) in [5.74, 6) is -2.40. The lowest BCUT2D eigenvalue weighted by Crippen LogP contribution is -2.35. The summed E-state index contributed by atoms with van der Waals surface area (Å²) in [6.45, 7) is 1.85. The lowest BCUT2D eigenvalue weighted by atomic mass is 10.1. The highest BCUT2D eigenvalue weighted by atomic mass is 79.9. The molecule has 0 unspecified atom stereocenters. The van der Waals surface area contributed by atoms with Crippen LogP contribution in [-0.4, -0.2) is 11.4 Å². The topological polar surface area (TPSA) is 29.1 Å². The monoisotopic (exact) mass is 289 g/mol. The molecule has 0 atom stereocenters. The summed E-state index contributed by atoms with van der Waals surface area (Å²) in [6.07, 6.45) is 1.69. The van der Waals surface area contributed by atoms with Crippen molar-refractivity contribution in [2.45, 2.75) is 25.3 Å². The SMILES string of the molecule is CC1(NC(=O)c2c(F)ccc(Br)c2F)CC1. The van der Waals surface area contributed by atoms with Crippen molar-refractivity contribution in [2.24, 2.45) is 0 Å². The van der Waals surface area contributed by atoms with Crippen LogP contribution in [0.1, 0.15) is 30.1 Å². The smallest absolute Gasteiger partial charge is 0.257 e. The molecule has 0 bridgehead atoms. The average Bonchev–Trinajstić information content (AvgIpc) is 2.90. The molecule has 2 rings (SSSR count). The van der Waals surface area contributed by atoms with E-state index in [4.69, 9.17) is 0 Å². The molecule has 1 N–H and O–H groups in total. The molecular weight excluding hydrogens is 280 g/mol. The summed E-state index contributed by atoms with van der Waals surface area (Å²) in [7, 11) is 0. The van der Waals surface area contributed by atoms with E-state index in [1.165, 1.54) is 6.07 Å². The second-order valence-electron chi connectivity index (χ2n) is 4.23. The molecule has 1 aromatic rings. The van der Waals surface area contributed by atoms with Gasteiger partial charge in [0.05, 0.1) is 4.47 Å². The Bertz CT molecular complexity index is 458. The molecule has 5 heteroatoms. The van der Waals surface area contributed by atoms with Gasteiger partial charge in [-0.25, -0.2) is 8.78 Å². The number of halogens is 3. The van der Waals surface area contributed by atoms with E-state index in [-0.39, 0.29) is 10.0 Å². The van der Waals surface area contributed by atoms with Crippen LogP contribution in [0.3, 0.4) is 0 Å². The number of carbonyl (C=O) groups excluding carboxylic acids is 1. The van der Waals surface area contributed by atoms with Gasteiger partial charge in [-0.05, 0) is 47.8 Å². The quantitative estimate of drug-likeness (QED) is 0.833. The minimum atomic E-state index is -0.859. The first-order chi connectivity index (χ1) is 7.43. The van der Waals surface area contributed by atoms with Crippen molar-refractivity contribution in [3.05, 3.63) is 33.8 Å². The largest absolute Gasteiger partial charge is 0.347 e. The number of nitrogens with one attached hydrogen (secondary N) is 1. The molecule has 86 valence electrons. The normalized spacial score (nSPS) is 17.0. The molecule has 1 aliphatic rings. The highest BCUT2D eigenvalue weighted by molar-refractivity contribution is 9.10. The Labute approximate surface area is 100 Å². The van der Waals surface area contributed by atoms with Crippen LogP contribution in [0.25, 0.3) is 0 Å². The van der Waals surface area contributed by atoms with Crippen molar-refractivity contribution in [1.29, 1.82) is 0 Å². The maximum Gasteiger partial charge on any atom is 0.257 e. The molecule has 1 aliphatic carbocycles. The summed E-state index contributed by atoms with van der Waals surface area (Å²) < 4.78 is 27.0. The fraction of sp³-hybridized carbons (Fsp3) is 0.364. The summed E-state index contributed by atoms with van der Waals surface area (Å²) in [5.41, 5.74) is -0.819. The Morgan fingerprint density at radius 2 is 2.06 bits per heavy atom. The minimum absolute atomic E-state index is 0.0833. The molecule has 1 aromatic carbocycles. The van der Waals surface area contributed by atoms with Crippen LogP contribution in [0.4, 0.5) is 8.78 Å². The number of benzene rings is 1. The third kappa shape index (κ3) is 2.09. The molecule has 0 aromatic heterocycles. The zero-order valence-corrected chi connectivity index (χ0v) is 10.2. The fourth-order valence-electron chi connectivity index (χ4n) is 1.38. The van der Waals surface area contributed by atoms with Crippen molar-refractivity contribution in [3.8, 4) is 0 Å². The van der Waals surface area contributed by atoms with Crippen LogP contribution in [0.5, 0.6) is 0 Å². The predicted octanol–water partition coefficient (Wildman–Crippen LogP) is 3.01. The standard InChI is InChI=1S/C11H10BrF2NO/c1-11(4-5-11)15-10(16)8-7(13)3-2-6(12)9(8)14/h2-3H,4-5H2,1H3,(H,15,16). The molecule has 1 fully saturated rings. The van der Waals surface area contributed by atoms with E-state index in [2.05, 4.69) is 21.2 Å². The Kier molecular flexibility index (Phi) is 2.74. The molecule has 1 saturated carbocycles. The van der Waals surface area contributed by atoms with Gasteiger partial charge in [0.25, 0.3) is 5.91 Å². The second kappa shape index (κ2) is 3.80. The molecule has 1 amide bonds. The van der Waals surface area contributed by atoms with E-state index >= 15 is 0 Å². The molecule has 0 heterocycles. The highest BCUT2D eigenvalue weighted by Crippen LogP contribution is 2.35. The molecular formula is C11H10BrF2NO. The van der Waals surface area contributed by atoms with Crippen LogP contribution in [0.2, 0.25) is 0 Å². The van der Waals surface area contributed by atoms with Gasteiger partial charge in [0, 0.05) is 5.54 Å². The van der Waals surface area contributed by atoms with E-state index in [0.717, 1.165) is 18.9 Å². The predicted molar refractivity (Wildman–Crippen MR) is 59.2 cm³/mol. The lowest BCUT2D eigenvalue weighted by molar-refractivity contribution is 0.0926. The van der Waals surface area contributed by atoms with Gasteiger partial charge in [-0.15, -0.1) is 0 Å². The first-order valence-electron chi connectivity index (χ1n) is 4.89. The van der Waals surface area contributed by atoms with Gasteiger partial charge < -0.3 is 5.32 Å². The molecule has 0 radical (unpaired) electrons. The fourth-order valence-corrected chi connectivity index (χ4v) is 1.71. The van der Waals surface area contributed by atoms with E-state index in [0.29, 0.717) is 0 Å². The van der Waals surface area contributed by atoms with Crippen molar-refractivity contribution < 1.29 is 13.6 Å². The summed E-state index contributed by atoms with van der Waals surface area (Å²) in [6, 6.07) is 2.30. The van der Waals surface area contributed by atoms with Crippen molar-refractivity contribution in [3.63, 3.8) is 0 Å². The molecule has 16 heavy (non-hydrogen) atoms. The summed E-state index contributed by atoms with van der Waals surface area (Å²) in [5, 5.41) is 2.62. The van der Waals surface area contributed by atoms with Crippen molar-refractivity contribution in [1.82, 2.24) is 5.32 Å². The number of hydrogen-bond donors (Lipinski definition) is 1. The summed E-state index contributed by atoms with van der Waals surface area (Å²) >= 11 is 2.92. The van der Waals surface area contributed by atoms with Gasteiger partial charge in [0.15, 0.2) is 5.82 Å². The van der Waals surface area contributed by atoms with Crippen molar-refractivity contribution in [2.75, 3.05) is 0 Å². The number of carbonyl (C=O) groups is 1. The van der Waals surface area contributed by atoms with E-state index in [1.54, 1.807) is 0 Å².